The van der Waals surface area contributed by atoms with Gasteiger partial charge < -0.3 is 30.4 Å². The van der Waals surface area contributed by atoms with Gasteiger partial charge in [-0.05, 0) is 85.5 Å². The molecular weight excluding hydrogens is 727 g/mol. The molecule has 0 aliphatic carbocycles. The third-order valence-corrected chi connectivity index (χ3v) is 10.1. The number of piperidine rings is 1. The Bertz CT molecular complexity index is 2060. The number of anilines is 2. The van der Waals surface area contributed by atoms with E-state index < -0.39 is 29.6 Å². The third-order valence-electron chi connectivity index (χ3n) is 10.1. The second-order valence-electron chi connectivity index (χ2n) is 14.0. The number of hydrogen-bond acceptors (Lipinski definition) is 7. The van der Waals surface area contributed by atoms with Crippen LogP contribution in [0.5, 0.6) is 0 Å². The number of pyridine rings is 1. The minimum absolute atomic E-state index is 0.116. The summed E-state index contributed by atoms with van der Waals surface area (Å²) in [5.41, 5.74) is 2.66. The van der Waals surface area contributed by atoms with Crippen molar-refractivity contribution in [3.63, 3.8) is 0 Å². The molecule has 4 aromatic rings. The predicted molar refractivity (Wildman–Crippen MR) is 206 cm³/mol. The van der Waals surface area contributed by atoms with Gasteiger partial charge in [0.2, 0.25) is 0 Å². The van der Waals surface area contributed by atoms with Crippen molar-refractivity contribution in [2.24, 2.45) is 0 Å². The van der Waals surface area contributed by atoms with Gasteiger partial charge in [0.15, 0.2) is 0 Å². The Morgan fingerprint density at radius 2 is 1.52 bits per heavy atom. The molecule has 12 nitrogen and oxygen atoms in total. The fourth-order valence-electron chi connectivity index (χ4n) is 6.83. The first-order valence-corrected chi connectivity index (χ1v) is 18.5. The van der Waals surface area contributed by atoms with Gasteiger partial charge in [-0.25, -0.2) is 4.79 Å². The van der Waals surface area contributed by atoms with E-state index in [9.17, 15) is 37.5 Å². The minimum atomic E-state index is -4.50. The van der Waals surface area contributed by atoms with Crippen LogP contribution in [-0.2, 0) is 12.7 Å². The number of likely N-dealkylation sites (N-methyl/N-ethyl adjacent to an activating group) is 1. The summed E-state index contributed by atoms with van der Waals surface area (Å²) in [6, 6.07) is 19.9. The maximum atomic E-state index is 13.8. The molecule has 0 unspecified atom stereocenters. The molecule has 294 valence electrons. The lowest BCUT2D eigenvalue weighted by atomic mass is 10.0. The number of rotatable bonds is 11. The summed E-state index contributed by atoms with van der Waals surface area (Å²) < 4.78 is 39.7. The summed E-state index contributed by atoms with van der Waals surface area (Å²) in [6.07, 6.45) is -0.745. The van der Waals surface area contributed by atoms with Crippen LogP contribution in [0.25, 0.3) is 11.3 Å². The molecule has 2 saturated heterocycles. The van der Waals surface area contributed by atoms with Crippen molar-refractivity contribution in [2.45, 2.75) is 32.0 Å². The van der Waals surface area contributed by atoms with Crippen LogP contribution in [0.15, 0.2) is 85.1 Å². The van der Waals surface area contributed by atoms with Crippen molar-refractivity contribution in [3.05, 3.63) is 113 Å². The van der Waals surface area contributed by atoms with E-state index >= 15 is 0 Å². The van der Waals surface area contributed by atoms with E-state index in [1.54, 1.807) is 42.3 Å². The van der Waals surface area contributed by atoms with Crippen molar-refractivity contribution in [2.75, 3.05) is 69.6 Å². The van der Waals surface area contributed by atoms with Crippen molar-refractivity contribution in [3.8, 4) is 11.3 Å². The summed E-state index contributed by atoms with van der Waals surface area (Å²) >= 11 is 0. The average Bonchev–Trinajstić information content (AvgIpc) is 3.22. The smallest absolute Gasteiger partial charge is 0.416 e. The van der Waals surface area contributed by atoms with Crippen LogP contribution in [0.2, 0.25) is 0 Å². The van der Waals surface area contributed by atoms with E-state index in [1.165, 1.54) is 35.4 Å². The van der Waals surface area contributed by atoms with Crippen LogP contribution >= 0.6 is 0 Å². The molecule has 2 aliphatic heterocycles. The zero-order valence-electron chi connectivity index (χ0n) is 31.0. The maximum Gasteiger partial charge on any atom is 0.416 e. The topological polar surface area (TPSA) is 138 Å². The van der Waals surface area contributed by atoms with E-state index in [0.717, 1.165) is 50.2 Å². The molecule has 6 rings (SSSR count). The highest BCUT2D eigenvalue weighted by atomic mass is 19.4. The number of amides is 4. The number of nitrogens with one attached hydrogen (secondary N) is 2. The molecule has 3 aromatic carbocycles. The Hall–Kier alpha value is -5.96. The van der Waals surface area contributed by atoms with Gasteiger partial charge in [-0.2, -0.15) is 13.2 Å². The molecule has 4 amide bonds. The number of benzene rings is 3. The van der Waals surface area contributed by atoms with E-state index in [1.807, 2.05) is 12.1 Å². The molecule has 1 aromatic heterocycles. The lowest BCUT2D eigenvalue weighted by Gasteiger charge is -2.33. The van der Waals surface area contributed by atoms with E-state index in [4.69, 9.17) is 0 Å². The Balaban J connectivity index is 1.17. The molecule has 0 bridgehead atoms. The molecule has 56 heavy (non-hydrogen) atoms. The zero-order valence-corrected chi connectivity index (χ0v) is 31.0. The molecule has 15 heteroatoms. The molecule has 2 fully saturated rings. The number of halogens is 3. The number of piperazine rings is 1. The van der Waals surface area contributed by atoms with Gasteiger partial charge in [-0.15, -0.1) is 0 Å². The van der Waals surface area contributed by atoms with Gasteiger partial charge in [0.1, 0.15) is 0 Å². The monoisotopic (exact) mass is 771 g/mol. The fourth-order valence-corrected chi connectivity index (χ4v) is 6.83. The molecular formula is C41H44F3N7O5. The first-order chi connectivity index (χ1) is 26.9. The van der Waals surface area contributed by atoms with Crippen LogP contribution in [-0.4, -0.2) is 108 Å². The van der Waals surface area contributed by atoms with Crippen molar-refractivity contribution >= 4 is 35.2 Å². The molecule has 0 saturated carbocycles. The molecule has 0 atom stereocenters. The largest absolute Gasteiger partial charge is 0.465 e. The summed E-state index contributed by atoms with van der Waals surface area (Å²) in [4.78, 5) is 63.5. The Labute approximate surface area is 322 Å². The SMILES string of the molecule is CN(CCN1CCN(C(=O)O)CC1)C(=O)c1cccc(C(=O)Nc2ccc(N3CCCCC3)cc2-c2cc(C(=O)NCc3cccc(C(F)(F)F)c3)ccn2)c1. The molecule has 2 aliphatic rings. The number of carboxylic acid groups (broad SMARTS) is 1. The van der Waals surface area contributed by atoms with E-state index in [0.29, 0.717) is 67.3 Å². The van der Waals surface area contributed by atoms with Gasteiger partial charge in [-0.1, -0.05) is 18.2 Å². The lowest BCUT2D eigenvalue weighted by Crippen LogP contribution is -2.50. The van der Waals surface area contributed by atoms with Crippen molar-refractivity contribution in [1.82, 2.24) is 25.0 Å². The highest BCUT2D eigenvalue weighted by Gasteiger charge is 2.30. The maximum absolute atomic E-state index is 13.8. The normalized spacial score (nSPS) is 14.9. The summed E-state index contributed by atoms with van der Waals surface area (Å²) in [6.45, 7) is 4.62. The number of carbonyl (C=O) groups excluding carboxylic acids is 3. The van der Waals surface area contributed by atoms with Gasteiger partial charge >= 0.3 is 12.3 Å². The van der Waals surface area contributed by atoms with E-state index in [2.05, 4.69) is 25.4 Å². The number of nitrogens with zero attached hydrogens (tertiary/aromatic N) is 5. The second kappa shape index (κ2) is 17.7. The molecule has 3 N–H and O–H groups in total. The van der Waals surface area contributed by atoms with Crippen molar-refractivity contribution < 1.29 is 37.5 Å². The molecule has 0 radical (unpaired) electrons. The van der Waals surface area contributed by atoms with Gasteiger partial charge in [0.05, 0.1) is 16.9 Å². The summed E-state index contributed by atoms with van der Waals surface area (Å²) in [5.74, 6) is -1.22. The van der Waals surface area contributed by atoms with Crippen LogP contribution in [0.1, 0.15) is 61.5 Å². The number of aromatic nitrogens is 1. The molecule has 3 heterocycles. The second-order valence-corrected chi connectivity index (χ2v) is 14.0. The van der Waals surface area contributed by atoms with Gasteiger partial charge in [-0.3, -0.25) is 24.3 Å². The fraction of sp³-hybridized carbons (Fsp3) is 0.341. The summed E-state index contributed by atoms with van der Waals surface area (Å²) in [7, 11) is 1.69. The standard InChI is InChI=1S/C41H44F3N7O5/c1-48(17-18-49-19-21-51(22-20-49)40(55)56)39(54)31-9-6-8-29(24-31)38(53)47-35-12-11-33(50-15-3-2-4-16-50)26-34(35)36-25-30(13-14-45-36)37(52)46-27-28-7-5-10-32(23-28)41(42,43)44/h5-14,23-26H,2-4,15-22,27H2,1H3,(H,46,52)(H,47,53)(H,55,56). The quantitative estimate of drug-likeness (QED) is 0.162. The lowest BCUT2D eigenvalue weighted by molar-refractivity contribution is -0.137. The van der Waals surface area contributed by atoms with Crippen molar-refractivity contribution in [1.29, 1.82) is 0 Å². The van der Waals surface area contributed by atoms with Crippen LogP contribution in [0.4, 0.5) is 29.3 Å². The summed E-state index contributed by atoms with van der Waals surface area (Å²) in [5, 5.41) is 14.9. The first-order valence-electron chi connectivity index (χ1n) is 18.5. The Morgan fingerprint density at radius 1 is 0.804 bits per heavy atom. The van der Waals surface area contributed by atoms with E-state index in [-0.39, 0.29) is 23.6 Å². The highest BCUT2D eigenvalue weighted by molar-refractivity contribution is 6.08. The Morgan fingerprint density at radius 3 is 2.25 bits per heavy atom. The van der Waals surface area contributed by atoms with Crippen LogP contribution < -0.4 is 15.5 Å². The number of carbonyl (C=O) groups is 4. The number of hydrogen-bond donors (Lipinski definition) is 3. The first kappa shape index (κ1) is 39.7. The van der Waals surface area contributed by atoms with Gasteiger partial charge in [0, 0.05) is 100 Å². The van der Waals surface area contributed by atoms with Gasteiger partial charge in [0.25, 0.3) is 17.7 Å². The Kier molecular flexibility index (Phi) is 12.5. The average molecular weight is 772 g/mol. The highest BCUT2D eigenvalue weighted by Crippen LogP contribution is 2.34. The molecule has 0 spiro atoms. The predicted octanol–water partition coefficient (Wildman–Crippen LogP) is 6.31. The zero-order chi connectivity index (χ0) is 39.8. The third kappa shape index (κ3) is 10.0. The minimum Gasteiger partial charge on any atom is -0.465 e. The number of alkyl halides is 3. The van der Waals surface area contributed by atoms with Crippen LogP contribution in [0.3, 0.4) is 0 Å². The van der Waals surface area contributed by atoms with Crippen LogP contribution in [0, 0.1) is 0 Å².